The SMILES string of the molecule is CCOSc1ccccc1[N+](=O)[O-]. The van der Waals surface area contributed by atoms with Gasteiger partial charge in [0.2, 0.25) is 0 Å². The van der Waals surface area contributed by atoms with Crippen LogP contribution in [0.4, 0.5) is 5.69 Å². The maximum atomic E-state index is 10.5. The number of para-hydroxylation sites is 1. The van der Waals surface area contributed by atoms with Crippen molar-refractivity contribution in [2.75, 3.05) is 6.61 Å². The van der Waals surface area contributed by atoms with Gasteiger partial charge < -0.3 is 4.18 Å². The molecule has 0 radical (unpaired) electrons. The molecule has 0 saturated carbocycles. The Kier molecular flexibility index (Phi) is 3.72. The van der Waals surface area contributed by atoms with Gasteiger partial charge in [-0.05, 0) is 13.0 Å². The molecule has 0 spiro atoms. The molecule has 0 aromatic heterocycles. The quantitative estimate of drug-likeness (QED) is 0.425. The van der Waals surface area contributed by atoms with E-state index in [0.29, 0.717) is 11.5 Å². The summed E-state index contributed by atoms with van der Waals surface area (Å²) in [5.41, 5.74) is 0.0842. The van der Waals surface area contributed by atoms with Crippen LogP contribution in [0, 0.1) is 10.1 Å². The van der Waals surface area contributed by atoms with E-state index in [1.165, 1.54) is 6.07 Å². The Labute approximate surface area is 80.3 Å². The summed E-state index contributed by atoms with van der Waals surface area (Å²) in [5.74, 6) is 0. The monoisotopic (exact) mass is 199 g/mol. The zero-order valence-electron chi connectivity index (χ0n) is 7.10. The van der Waals surface area contributed by atoms with Gasteiger partial charge in [0.05, 0.1) is 11.5 Å². The van der Waals surface area contributed by atoms with E-state index in [2.05, 4.69) is 0 Å². The molecule has 1 aromatic rings. The molecule has 13 heavy (non-hydrogen) atoms. The van der Waals surface area contributed by atoms with Crippen LogP contribution in [0.5, 0.6) is 0 Å². The van der Waals surface area contributed by atoms with Gasteiger partial charge in [0.25, 0.3) is 5.69 Å². The van der Waals surface area contributed by atoms with E-state index in [1.807, 2.05) is 6.92 Å². The molecule has 0 aliphatic rings. The normalized spacial score (nSPS) is 9.92. The van der Waals surface area contributed by atoms with Crippen molar-refractivity contribution in [2.45, 2.75) is 11.8 Å². The third-order valence-electron chi connectivity index (χ3n) is 1.33. The number of rotatable bonds is 4. The van der Waals surface area contributed by atoms with E-state index in [0.717, 1.165) is 12.0 Å². The van der Waals surface area contributed by atoms with Crippen molar-refractivity contribution in [3.05, 3.63) is 34.4 Å². The molecule has 1 aromatic carbocycles. The van der Waals surface area contributed by atoms with Crippen molar-refractivity contribution >= 4 is 17.7 Å². The molecule has 1 rings (SSSR count). The molecule has 0 N–H and O–H groups in total. The van der Waals surface area contributed by atoms with Gasteiger partial charge in [-0.1, -0.05) is 12.1 Å². The predicted octanol–water partition coefficient (Wildman–Crippen LogP) is 2.64. The largest absolute Gasteiger partial charge is 0.310 e. The molecule has 70 valence electrons. The molecule has 0 bridgehead atoms. The molecule has 0 aliphatic carbocycles. The van der Waals surface area contributed by atoms with Crippen LogP contribution in [0.3, 0.4) is 0 Å². The fourth-order valence-electron chi connectivity index (χ4n) is 0.801. The van der Waals surface area contributed by atoms with Crippen LogP contribution >= 0.6 is 12.0 Å². The number of nitro groups is 1. The second-order valence-corrected chi connectivity index (χ2v) is 3.06. The van der Waals surface area contributed by atoms with Gasteiger partial charge in [-0.15, -0.1) is 0 Å². The first kappa shape index (κ1) is 10.0. The van der Waals surface area contributed by atoms with Gasteiger partial charge in [-0.3, -0.25) is 10.1 Å². The third-order valence-corrected chi connectivity index (χ3v) is 2.21. The van der Waals surface area contributed by atoms with Gasteiger partial charge in [0, 0.05) is 18.1 Å². The van der Waals surface area contributed by atoms with Gasteiger partial charge in [0.1, 0.15) is 4.90 Å². The maximum absolute atomic E-state index is 10.5. The van der Waals surface area contributed by atoms with Crippen molar-refractivity contribution in [1.82, 2.24) is 0 Å². The Hall–Kier alpha value is -1.07. The lowest BCUT2D eigenvalue weighted by atomic mass is 10.3. The summed E-state index contributed by atoms with van der Waals surface area (Å²) in [6.07, 6.45) is 0. The molecule has 0 amide bonds. The maximum Gasteiger partial charge on any atom is 0.285 e. The van der Waals surface area contributed by atoms with Crippen LogP contribution in [0.15, 0.2) is 29.2 Å². The van der Waals surface area contributed by atoms with Crippen molar-refractivity contribution in [2.24, 2.45) is 0 Å². The van der Waals surface area contributed by atoms with Crippen molar-refractivity contribution in [3.63, 3.8) is 0 Å². The van der Waals surface area contributed by atoms with Crippen LogP contribution in [0.1, 0.15) is 6.92 Å². The molecule has 0 fully saturated rings. The predicted molar refractivity (Wildman–Crippen MR) is 50.6 cm³/mol. The molecule has 0 atom stereocenters. The Morgan fingerprint density at radius 2 is 2.23 bits per heavy atom. The highest BCUT2D eigenvalue weighted by Crippen LogP contribution is 2.28. The van der Waals surface area contributed by atoms with Gasteiger partial charge in [0.15, 0.2) is 0 Å². The molecular formula is C8H9NO3S. The minimum absolute atomic E-state index is 0.0842. The lowest BCUT2D eigenvalue weighted by Gasteiger charge is -1.99. The number of hydrogen-bond donors (Lipinski definition) is 0. The number of nitrogens with zero attached hydrogens (tertiary/aromatic N) is 1. The lowest BCUT2D eigenvalue weighted by Crippen LogP contribution is -1.90. The van der Waals surface area contributed by atoms with E-state index in [1.54, 1.807) is 18.2 Å². The Bertz CT molecular complexity index is 303. The second-order valence-electron chi connectivity index (χ2n) is 2.21. The highest BCUT2D eigenvalue weighted by Gasteiger charge is 2.12. The topological polar surface area (TPSA) is 52.4 Å². The summed E-state index contributed by atoms with van der Waals surface area (Å²) < 4.78 is 5.02. The summed E-state index contributed by atoms with van der Waals surface area (Å²) in [4.78, 5) is 10.6. The number of nitro benzene ring substituents is 1. The second kappa shape index (κ2) is 4.84. The van der Waals surface area contributed by atoms with Crippen LogP contribution in [0.25, 0.3) is 0 Å². The van der Waals surface area contributed by atoms with Crippen molar-refractivity contribution in [3.8, 4) is 0 Å². The van der Waals surface area contributed by atoms with Crippen LogP contribution in [0.2, 0.25) is 0 Å². The molecule has 4 nitrogen and oxygen atoms in total. The van der Waals surface area contributed by atoms with E-state index in [-0.39, 0.29) is 5.69 Å². The van der Waals surface area contributed by atoms with E-state index in [9.17, 15) is 10.1 Å². The highest BCUT2D eigenvalue weighted by molar-refractivity contribution is 7.94. The minimum Gasteiger partial charge on any atom is -0.310 e. The first-order chi connectivity index (χ1) is 6.25. The van der Waals surface area contributed by atoms with Crippen molar-refractivity contribution < 1.29 is 9.11 Å². The molecule has 0 unspecified atom stereocenters. The summed E-state index contributed by atoms with van der Waals surface area (Å²) >= 11 is 1.03. The molecule has 0 aliphatic heterocycles. The van der Waals surface area contributed by atoms with Crippen LogP contribution < -0.4 is 0 Å². The Morgan fingerprint density at radius 1 is 1.54 bits per heavy atom. The summed E-state index contributed by atoms with van der Waals surface area (Å²) in [6.45, 7) is 2.36. The average Bonchev–Trinajstić information content (AvgIpc) is 2.15. The fourth-order valence-corrected chi connectivity index (χ4v) is 1.41. The minimum atomic E-state index is -0.415. The molecule has 0 saturated heterocycles. The molecule has 0 heterocycles. The molecular weight excluding hydrogens is 190 g/mol. The number of benzene rings is 1. The van der Waals surface area contributed by atoms with Crippen molar-refractivity contribution in [1.29, 1.82) is 0 Å². The number of hydrogen-bond acceptors (Lipinski definition) is 4. The average molecular weight is 199 g/mol. The Morgan fingerprint density at radius 3 is 2.85 bits per heavy atom. The first-order valence-corrected chi connectivity index (χ1v) is 4.52. The van der Waals surface area contributed by atoms with E-state index >= 15 is 0 Å². The van der Waals surface area contributed by atoms with E-state index < -0.39 is 4.92 Å². The Balaban J connectivity index is 2.84. The van der Waals surface area contributed by atoms with Crippen LogP contribution in [-0.4, -0.2) is 11.5 Å². The standard InChI is InChI=1S/C8H9NO3S/c1-2-12-13-8-6-4-3-5-7(8)9(10)11/h3-6H,2H2,1H3. The summed E-state index contributed by atoms with van der Waals surface area (Å²) in [6, 6.07) is 6.50. The van der Waals surface area contributed by atoms with E-state index in [4.69, 9.17) is 4.18 Å². The highest BCUT2D eigenvalue weighted by atomic mass is 32.2. The third kappa shape index (κ3) is 2.71. The molecule has 5 heteroatoms. The lowest BCUT2D eigenvalue weighted by molar-refractivity contribution is -0.387. The van der Waals surface area contributed by atoms with Gasteiger partial charge in [-0.2, -0.15) is 0 Å². The zero-order valence-corrected chi connectivity index (χ0v) is 7.91. The van der Waals surface area contributed by atoms with Crippen LogP contribution in [-0.2, 0) is 4.18 Å². The fraction of sp³-hybridized carbons (Fsp3) is 0.250. The summed E-state index contributed by atoms with van der Waals surface area (Å²) in [7, 11) is 0. The smallest absolute Gasteiger partial charge is 0.285 e. The summed E-state index contributed by atoms with van der Waals surface area (Å²) in [5, 5.41) is 10.5. The first-order valence-electron chi connectivity index (χ1n) is 3.78. The van der Waals surface area contributed by atoms with Gasteiger partial charge >= 0.3 is 0 Å². The zero-order chi connectivity index (χ0) is 9.68. The van der Waals surface area contributed by atoms with Gasteiger partial charge in [-0.25, -0.2) is 0 Å².